The Labute approximate surface area is 94.7 Å². The summed E-state index contributed by atoms with van der Waals surface area (Å²) in [5.41, 5.74) is 3.65. The summed E-state index contributed by atoms with van der Waals surface area (Å²) in [5, 5.41) is 16.7. The highest BCUT2D eigenvalue weighted by atomic mass is 16.3. The molecular weight excluding hydrogens is 198 g/mol. The molecule has 2 nitrogen and oxygen atoms in total. The van der Waals surface area contributed by atoms with E-state index in [1.807, 2.05) is 36.4 Å². The van der Waals surface area contributed by atoms with Crippen LogP contribution in [0.3, 0.4) is 0 Å². The van der Waals surface area contributed by atoms with Gasteiger partial charge in [-0.1, -0.05) is 36.4 Å². The van der Waals surface area contributed by atoms with Crippen molar-refractivity contribution in [2.24, 2.45) is 0 Å². The molecule has 0 aliphatic carbocycles. The summed E-state index contributed by atoms with van der Waals surface area (Å²) in [6.45, 7) is 1.77. The maximum Gasteiger partial charge on any atom is 0.115 e. The second-order valence-corrected chi connectivity index (χ2v) is 3.75. The van der Waals surface area contributed by atoms with Crippen LogP contribution >= 0.6 is 0 Å². The van der Waals surface area contributed by atoms with Gasteiger partial charge in [-0.15, -0.1) is 0 Å². The average molecular weight is 211 g/mol. The molecule has 2 rings (SSSR count). The van der Waals surface area contributed by atoms with Gasteiger partial charge < -0.3 is 10.5 Å². The summed E-state index contributed by atoms with van der Waals surface area (Å²) < 4.78 is 0. The zero-order valence-corrected chi connectivity index (χ0v) is 9.07. The van der Waals surface area contributed by atoms with Crippen LogP contribution in [0.5, 0.6) is 5.75 Å². The number of rotatable bonds is 2. The molecule has 2 aromatic rings. The standard InChI is InChI=1S/C14H13NO/c1-10(15)11-2-4-12(5-3-11)13-6-8-14(16)9-7-13/h2-9,15-16H,1H3. The summed E-state index contributed by atoms with van der Waals surface area (Å²) in [4.78, 5) is 0. The van der Waals surface area contributed by atoms with Gasteiger partial charge in [0.05, 0.1) is 0 Å². The number of hydrogen-bond donors (Lipinski definition) is 2. The molecule has 2 heteroatoms. The number of phenols is 1. The monoisotopic (exact) mass is 211 g/mol. The summed E-state index contributed by atoms with van der Waals surface area (Å²) >= 11 is 0. The molecule has 0 radical (unpaired) electrons. The lowest BCUT2D eigenvalue weighted by Crippen LogP contribution is -1.90. The Balaban J connectivity index is 2.34. The summed E-state index contributed by atoms with van der Waals surface area (Å²) in [5.74, 6) is 0.274. The zero-order chi connectivity index (χ0) is 11.5. The Morgan fingerprint density at radius 3 is 1.75 bits per heavy atom. The van der Waals surface area contributed by atoms with Crippen LogP contribution in [-0.4, -0.2) is 10.8 Å². The summed E-state index contributed by atoms with van der Waals surface area (Å²) in [7, 11) is 0. The van der Waals surface area contributed by atoms with Crippen molar-refractivity contribution in [3.8, 4) is 16.9 Å². The van der Waals surface area contributed by atoms with Gasteiger partial charge in [-0.05, 0) is 35.7 Å². The van der Waals surface area contributed by atoms with Gasteiger partial charge in [0.25, 0.3) is 0 Å². The number of nitrogens with one attached hydrogen (secondary N) is 1. The van der Waals surface area contributed by atoms with Gasteiger partial charge in [-0.3, -0.25) is 0 Å². The Hall–Kier alpha value is -2.09. The molecule has 0 amide bonds. The third-order valence-electron chi connectivity index (χ3n) is 2.52. The maximum atomic E-state index is 9.19. The van der Waals surface area contributed by atoms with Crippen molar-refractivity contribution in [3.63, 3.8) is 0 Å². The van der Waals surface area contributed by atoms with Crippen LogP contribution in [0.25, 0.3) is 11.1 Å². The molecule has 2 N–H and O–H groups in total. The first-order valence-corrected chi connectivity index (χ1v) is 5.12. The fourth-order valence-electron chi connectivity index (χ4n) is 1.57. The van der Waals surface area contributed by atoms with Crippen LogP contribution < -0.4 is 0 Å². The Kier molecular flexibility index (Phi) is 2.73. The van der Waals surface area contributed by atoms with Crippen molar-refractivity contribution in [2.75, 3.05) is 0 Å². The molecule has 0 aromatic heterocycles. The topological polar surface area (TPSA) is 44.1 Å². The fraction of sp³-hybridized carbons (Fsp3) is 0.0714. The van der Waals surface area contributed by atoms with Crippen LogP contribution in [0.2, 0.25) is 0 Å². The van der Waals surface area contributed by atoms with Crippen LogP contribution in [0, 0.1) is 5.41 Å². The minimum absolute atomic E-state index is 0.274. The highest BCUT2D eigenvalue weighted by Gasteiger charge is 1.99. The Morgan fingerprint density at radius 1 is 0.875 bits per heavy atom. The number of benzene rings is 2. The smallest absolute Gasteiger partial charge is 0.115 e. The van der Waals surface area contributed by atoms with Gasteiger partial charge in [0.15, 0.2) is 0 Å². The van der Waals surface area contributed by atoms with E-state index in [2.05, 4.69) is 0 Å². The van der Waals surface area contributed by atoms with Gasteiger partial charge in [0.2, 0.25) is 0 Å². The fourth-order valence-corrected chi connectivity index (χ4v) is 1.57. The lowest BCUT2D eigenvalue weighted by atomic mass is 10.0. The van der Waals surface area contributed by atoms with Crippen LogP contribution in [0.15, 0.2) is 48.5 Å². The van der Waals surface area contributed by atoms with Gasteiger partial charge >= 0.3 is 0 Å². The minimum Gasteiger partial charge on any atom is -0.508 e. The molecule has 0 heterocycles. The molecule has 0 aliphatic heterocycles. The largest absolute Gasteiger partial charge is 0.508 e. The molecular formula is C14H13NO. The molecule has 80 valence electrons. The van der Waals surface area contributed by atoms with E-state index in [4.69, 9.17) is 5.41 Å². The number of phenolic OH excluding ortho intramolecular Hbond substituents is 1. The normalized spacial score (nSPS) is 10.1. The summed E-state index contributed by atoms with van der Waals surface area (Å²) in [6.07, 6.45) is 0. The molecule has 0 atom stereocenters. The van der Waals surface area contributed by atoms with E-state index in [1.165, 1.54) is 0 Å². The predicted molar refractivity (Wildman–Crippen MR) is 66.0 cm³/mol. The van der Waals surface area contributed by atoms with Crippen molar-refractivity contribution in [1.82, 2.24) is 0 Å². The van der Waals surface area contributed by atoms with Crippen molar-refractivity contribution >= 4 is 5.71 Å². The minimum atomic E-state index is 0.274. The number of aromatic hydroxyl groups is 1. The molecule has 16 heavy (non-hydrogen) atoms. The van der Waals surface area contributed by atoms with E-state index in [0.29, 0.717) is 5.71 Å². The maximum absolute atomic E-state index is 9.19. The molecule has 0 spiro atoms. The van der Waals surface area contributed by atoms with Gasteiger partial charge in [0, 0.05) is 5.71 Å². The quantitative estimate of drug-likeness (QED) is 0.734. The van der Waals surface area contributed by atoms with E-state index in [0.717, 1.165) is 16.7 Å². The van der Waals surface area contributed by atoms with Crippen LogP contribution in [0.4, 0.5) is 0 Å². The lowest BCUT2D eigenvalue weighted by Gasteiger charge is -2.03. The molecule has 0 bridgehead atoms. The van der Waals surface area contributed by atoms with E-state index in [-0.39, 0.29) is 5.75 Å². The first-order valence-electron chi connectivity index (χ1n) is 5.12. The second-order valence-electron chi connectivity index (χ2n) is 3.75. The molecule has 0 saturated carbocycles. The van der Waals surface area contributed by atoms with Crippen molar-refractivity contribution in [2.45, 2.75) is 6.92 Å². The highest BCUT2D eigenvalue weighted by molar-refractivity contribution is 5.96. The Bertz CT molecular complexity index is 497. The second kappa shape index (κ2) is 4.19. The van der Waals surface area contributed by atoms with Crippen LogP contribution in [0.1, 0.15) is 12.5 Å². The number of hydrogen-bond acceptors (Lipinski definition) is 2. The van der Waals surface area contributed by atoms with E-state index in [9.17, 15) is 5.11 Å². The van der Waals surface area contributed by atoms with Crippen molar-refractivity contribution in [3.05, 3.63) is 54.1 Å². The Morgan fingerprint density at radius 2 is 1.31 bits per heavy atom. The van der Waals surface area contributed by atoms with E-state index < -0.39 is 0 Å². The first kappa shape index (κ1) is 10.4. The molecule has 0 aliphatic rings. The molecule has 2 aromatic carbocycles. The average Bonchev–Trinajstić information content (AvgIpc) is 2.30. The zero-order valence-electron chi connectivity index (χ0n) is 9.07. The summed E-state index contributed by atoms with van der Waals surface area (Å²) in [6, 6.07) is 14.9. The highest BCUT2D eigenvalue weighted by Crippen LogP contribution is 2.22. The van der Waals surface area contributed by atoms with E-state index >= 15 is 0 Å². The van der Waals surface area contributed by atoms with Gasteiger partial charge in [-0.2, -0.15) is 0 Å². The molecule has 0 fully saturated rings. The van der Waals surface area contributed by atoms with Crippen molar-refractivity contribution < 1.29 is 5.11 Å². The first-order chi connectivity index (χ1) is 7.66. The van der Waals surface area contributed by atoms with Crippen molar-refractivity contribution in [1.29, 1.82) is 5.41 Å². The molecule has 0 saturated heterocycles. The van der Waals surface area contributed by atoms with Gasteiger partial charge in [-0.25, -0.2) is 0 Å². The third-order valence-corrected chi connectivity index (χ3v) is 2.52. The SMILES string of the molecule is CC(=N)c1ccc(-c2ccc(O)cc2)cc1. The van der Waals surface area contributed by atoms with Gasteiger partial charge in [0.1, 0.15) is 5.75 Å². The van der Waals surface area contributed by atoms with E-state index in [1.54, 1.807) is 19.1 Å². The predicted octanol–water partition coefficient (Wildman–Crippen LogP) is 3.45. The lowest BCUT2D eigenvalue weighted by molar-refractivity contribution is 0.475. The molecule has 0 unspecified atom stereocenters. The van der Waals surface area contributed by atoms with Crippen LogP contribution in [-0.2, 0) is 0 Å². The third kappa shape index (κ3) is 2.11.